The Morgan fingerprint density at radius 3 is 2.19 bits per heavy atom. The Morgan fingerprint density at radius 1 is 1.04 bits per heavy atom. The maximum atomic E-state index is 11.0. The summed E-state index contributed by atoms with van der Waals surface area (Å²) >= 11 is 0. The van der Waals surface area contributed by atoms with Gasteiger partial charge in [-0.25, -0.2) is 5.84 Å². The molecule has 0 heterocycles. The smallest absolute Gasteiger partial charge is 0.146 e. The second kappa shape index (κ2) is 7.73. The summed E-state index contributed by atoms with van der Waals surface area (Å²) in [6, 6.07) is 4.07. The highest BCUT2D eigenvalue weighted by Gasteiger charge is 2.29. The zero-order valence-electron chi connectivity index (χ0n) is 17.5. The molecule has 27 heavy (non-hydrogen) atoms. The van der Waals surface area contributed by atoms with Crippen LogP contribution in [0.4, 0.5) is 5.69 Å². The van der Waals surface area contributed by atoms with Gasteiger partial charge in [0.25, 0.3) is 0 Å². The quantitative estimate of drug-likeness (QED) is 0.516. The molecule has 0 bridgehead atoms. The van der Waals surface area contributed by atoms with Gasteiger partial charge in [0.05, 0.1) is 5.71 Å². The van der Waals surface area contributed by atoms with Crippen molar-refractivity contribution in [1.29, 1.82) is 0 Å². The maximum Gasteiger partial charge on any atom is 0.146 e. The lowest BCUT2D eigenvalue weighted by molar-refractivity contribution is 0.424. The lowest BCUT2D eigenvalue weighted by atomic mass is 9.76. The number of phenols is 1. The molecule has 1 aromatic carbocycles. The van der Waals surface area contributed by atoms with Gasteiger partial charge in [-0.1, -0.05) is 72.4 Å². The number of phenolic OH excluding ortho intramolecular Hbond substituents is 1. The van der Waals surface area contributed by atoms with E-state index in [4.69, 9.17) is 5.84 Å². The summed E-state index contributed by atoms with van der Waals surface area (Å²) in [5.74, 6) is 6.47. The third-order valence-electron chi connectivity index (χ3n) is 5.82. The molecule has 3 N–H and O–H groups in total. The summed E-state index contributed by atoms with van der Waals surface area (Å²) in [7, 11) is 0. The molecule has 0 radical (unpaired) electrons. The van der Waals surface area contributed by atoms with Gasteiger partial charge in [0, 0.05) is 5.56 Å². The SMILES string of the molecule is C=C1C=CC=C/C1=N/N(N)c1cc(C(C)(C)CC)cc(C(C)(C)CC)c1O. The van der Waals surface area contributed by atoms with E-state index in [1.165, 1.54) is 5.12 Å². The lowest BCUT2D eigenvalue weighted by Crippen LogP contribution is -2.29. The van der Waals surface area contributed by atoms with Crippen LogP contribution >= 0.6 is 0 Å². The fraction of sp³-hybridized carbons (Fsp3) is 0.435. The molecule has 1 aliphatic carbocycles. The van der Waals surface area contributed by atoms with E-state index in [2.05, 4.69) is 59.3 Å². The van der Waals surface area contributed by atoms with Gasteiger partial charge in [-0.3, -0.25) is 0 Å². The Bertz CT molecular complexity index is 813. The Hall–Kier alpha value is -2.33. The number of allylic oxidation sites excluding steroid dienone is 5. The van der Waals surface area contributed by atoms with Crippen molar-refractivity contribution >= 4 is 11.4 Å². The van der Waals surface area contributed by atoms with Crippen molar-refractivity contribution < 1.29 is 5.11 Å². The first kappa shape index (κ1) is 21.0. The number of hydrogen-bond donors (Lipinski definition) is 2. The first-order chi connectivity index (χ1) is 12.5. The number of nitrogens with zero attached hydrogens (tertiary/aromatic N) is 2. The summed E-state index contributed by atoms with van der Waals surface area (Å²) < 4.78 is 0. The molecule has 0 atom stereocenters. The molecule has 1 aliphatic rings. The van der Waals surface area contributed by atoms with Gasteiger partial charge in [0.2, 0.25) is 0 Å². The van der Waals surface area contributed by atoms with Crippen LogP contribution in [0.1, 0.15) is 65.5 Å². The van der Waals surface area contributed by atoms with Gasteiger partial charge < -0.3 is 5.11 Å². The van der Waals surface area contributed by atoms with Crippen LogP contribution in [0.5, 0.6) is 5.75 Å². The van der Waals surface area contributed by atoms with Crippen LogP contribution < -0.4 is 11.0 Å². The minimum atomic E-state index is -0.177. The second-order valence-corrected chi connectivity index (χ2v) is 8.44. The first-order valence-electron chi connectivity index (χ1n) is 9.59. The van der Waals surface area contributed by atoms with Gasteiger partial charge >= 0.3 is 0 Å². The molecule has 146 valence electrons. The van der Waals surface area contributed by atoms with E-state index in [1.807, 2.05) is 30.4 Å². The average molecular weight is 368 g/mol. The van der Waals surface area contributed by atoms with Crippen LogP contribution in [0.15, 0.2) is 53.7 Å². The molecule has 0 aromatic heterocycles. The molecule has 0 spiro atoms. The van der Waals surface area contributed by atoms with Crippen molar-refractivity contribution in [1.82, 2.24) is 0 Å². The highest BCUT2D eigenvalue weighted by atomic mass is 16.3. The fourth-order valence-corrected chi connectivity index (χ4v) is 2.87. The average Bonchev–Trinajstić information content (AvgIpc) is 2.63. The molecule has 0 saturated heterocycles. The largest absolute Gasteiger partial charge is 0.505 e. The fourth-order valence-electron chi connectivity index (χ4n) is 2.87. The number of anilines is 1. The van der Waals surface area contributed by atoms with Gasteiger partial charge in [-0.2, -0.15) is 10.2 Å². The highest BCUT2D eigenvalue weighted by Crippen LogP contribution is 2.43. The van der Waals surface area contributed by atoms with Crippen LogP contribution in [0, 0.1) is 0 Å². The monoisotopic (exact) mass is 367 g/mol. The molecular formula is C23H33N3O. The van der Waals surface area contributed by atoms with Crippen molar-refractivity contribution in [3.8, 4) is 5.75 Å². The second-order valence-electron chi connectivity index (χ2n) is 8.44. The highest BCUT2D eigenvalue weighted by molar-refractivity contribution is 6.11. The minimum absolute atomic E-state index is 0.0356. The van der Waals surface area contributed by atoms with E-state index in [-0.39, 0.29) is 16.6 Å². The third-order valence-corrected chi connectivity index (χ3v) is 5.82. The number of hydrogen-bond acceptors (Lipinski definition) is 4. The Morgan fingerprint density at radius 2 is 1.63 bits per heavy atom. The zero-order chi connectivity index (χ0) is 20.4. The molecule has 0 unspecified atom stereocenters. The van der Waals surface area contributed by atoms with Crippen LogP contribution in [0.3, 0.4) is 0 Å². The molecule has 4 nitrogen and oxygen atoms in total. The van der Waals surface area contributed by atoms with E-state index >= 15 is 0 Å². The Balaban J connectivity index is 2.64. The van der Waals surface area contributed by atoms with Crippen LogP contribution in [-0.2, 0) is 10.8 Å². The van der Waals surface area contributed by atoms with E-state index < -0.39 is 0 Å². The van der Waals surface area contributed by atoms with E-state index in [0.29, 0.717) is 11.4 Å². The van der Waals surface area contributed by atoms with Crippen LogP contribution in [0.2, 0.25) is 0 Å². The number of hydrazine groups is 1. The number of rotatable bonds is 6. The van der Waals surface area contributed by atoms with Crippen LogP contribution in [-0.4, -0.2) is 10.8 Å². The molecule has 0 fully saturated rings. The number of hydrazone groups is 1. The van der Waals surface area contributed by atoms with Gasteiger partial charge in [0.1, 0.15) is 11.4 Å². The zero-order valence-corrected chi connectivity index (χ0v) is 17.5. The molecule has 0 aliphatic heterocycles. The summed E-state index contributed by atoms with van der Waals surface area (Å²) in [5, 5.41) is 16.8. The van der Waals surface area contributed by atoms with Gasteiger partial charge in [-0.05, 0) is 47.0 Å². The standard InChI is InChI=1S/C23H33N3O/c1-8-22(4,5)17-14-18(23(6,7)9-2)21(27)20(15-17)26(24)25-19-13-11-10-12-16(19)3/h10-15,27H,3,8-9,24H2,1-2,4-7H3/b25-19-. The predicted octanol–water partition coefficient (Wildman–Crippen LogP) is 5.49. The molecule has 4 heteroatoms. The van der Waals surface area contributed by atoms with Crippen molar-refractivity contribution in [2.24, 2.45) is 10.9 Å². The summed E-state index contributed by atoms with van der Waals surface area (Å²) in [4.78, 5) is 0. The summed E-state index contributed by atoms with van der Waals surface area (Å²) in [5.41, 5.74) is 3.79. The predicted molar refractivity (Wildman–Crippen MR) is 116 cm³/mol. The van der Waals surface area contributed by atoms with Crippen molar-refractivity contribution in [3.05, 3.63) is 59.7 Å². The Kier molecular flexibility index (Phi) is 6.01. The van der Waals surface area contributed by atoms with Gasteiger partial charge in [-0.15, -0.1) is 0 Å². The molecule has 0 amide bonds. The first-order valence-corrected chi connectivity index (χ1v) is 9.59. The summed E-state index contributed by atoms with van der Waals surface area (Å²) in [6.45, 7) is 17.0. The van der Waals surface area contributed by atoms with Crippen molar-refractivity contribution in [3.63, 3.8) is 0 Å². The molecule has 2 rings (SSSR count). The maximum absolute atomic E-state index is 11.0. The van der Waals surface area contributed by atoms with E-state index in [0.717, 1.165) is 29.5 Å². The molecule has 1 aromatic rings. The lowest BCUT2D eigenvalue weighted by Gasteiger charge is -2.31. The van der Waals surface area contributed by atoms with E-state index in [1.54, 1.807) is 0 Å². The number of nitrogens with two attached hydrogens (primary N) is 1. The Labute approximate surface area is 163 Å². The third kappa shape index (κ3) is 4.33. The number of benzene rings is 1. The topological polar surface area (TPSA) is 61.8 Å². The number of aromatic hydroxyl groups is 1. The normalized spacial score (nSPS) is 16.3. The van der Waals surface area contributed by atoms with Crippen molar-refractivity contribution in [2.75, 3.05) is 5.12 Å². The van der Waals surface area contributed by atoms with Gasteiger partial charge in [0.15, 0.2) is 0 Å². The molecule has 0 saturated carbocycles. The molecular weight excluding hydrogens is 334 g/mol. The minimum Gasteiger partial charge on any atom is -0.505 e. The summed E-state index contributed by atoms with van der Waals surface area (Å²) in [6.07, 6.45) is 9.42. The van der Waals surface area contributed by atoms with Crippen LogP contribution in [0.25, 0.3) is 0 Å². The van der Waals surface area contributed by atoms with Crippen molar-refractivity contribution in [2.45, 2.75) is 65.2 Å². The van der Waals surface area contributed by atoms with E-state index in [9.17, 15) is 5.11 Å².